The molecule has 1 aromatic rings. The van der Waals surface area contributed by atoms with E-state index in [1.807, 2.05) is 7.11 Å². The van der Waals surface area contributed by atoms with Crippen molar-refractivity contribution in [2.45, 2.75) is 62.3 Å². The fourth-order valence-electron chi connectivity index (χ4n) is 4.92. The van der Waals surface area contributed by atoms with Crippen molar-refractivity contribution in [1.82, 2.24) is 4.90 Å². The summed E-state index contributed by atoms with van der Waals surface area (Å²) in [5, 5.41) is 0. The molecule has 0 unspecified atom stereocenters. The van der Waals surface area contributed by atoms with Gasteiger partial charge in [-0.3, -0.25) is 0 Å². The summed E-state index contributed by atoms with van der Waals surface area (Å²) in [6.07, 6.45) is 9.50. The molecule has 3 fully saturated rings. The van der Waals surface area contributed by atoms with E-state index in [1.54, 1.807) is 0 Å². The zero-order valence-electron chi connectivity index (χ0n) is 13.4. The molecule has 0 bridgehead atoms. The smallest absolute Gasteiger partial charge is 0.122 e. The quantitative estimate of drug-likeness (QED) is 0.829. The molecule has 0 N–H and O–H groups in total. The van der Waals surface area contributed by atoms with Crippen LogP contribution < -0.4 is 4.74 Å². The molecule has 0 radical (unpaired) electrons. The lowest BCUT2D eigenvalue weighted by molar-refractivity contribution is 0.181. The van der Waals surface area contributed by atoms with Crippen LogP contribution in [0, 0.1) is 0 Å². The third-order valence-corrected chi connectivity index (χ3v) is 6.26. The van der Waals surface area contributed by atoms with Crippen LogP contribution in [0.25, 0.3) is 0 Å². The van der Waals surface area contributed by atoms with E-state index in [2.05, 4.69) is 30.1 Å². The van der Waals surface area contributed by atoms with E-state index >= 15 is 0 Å². The molecule has 1 heterocycles. The summed E-state index contributed by atoms with van der Waals surface area (Å²) in [6, 6.07) is 7.91. The van der Waals surface area contributed by atoms with Gasteiger partial charge in [0.05, 0.1) is 7.11 Å². The molecule has 1 aromatic carbocycles. The van der Waals surface area contributed by atoms with Crippen molar-refractivity contribution in [3.05, 3.63) is 29.3 Å². The number of fused-ring (bicyclic) bond motifs is 1. The number of benzene rings is 1. The van der Waals surface area contributed by atoms with Gasteiger partial charge in [-0.15, -0.1) is 0 Å². The molecule has 21 heavy (non-hydrogen) atoms. The van der Waals surface area contributed by atoms with E-state index in [-0.39, 0.29) is 0 Å². The lowest BCUT2D eigenvalue weighted by Gasteiger charge is -2.42. The zero-order chi connectivity index (χ0) is 14.4. The molecule has 0 spiro atoms. The first kappa shape index (κ1) is 13.6. The monoisotopic (exact) mass is 285 g/mol. The van der Waals surface area contributed by atoms with Crippen LogP contribution >= 0.6 is 0 Å². The maximum absolute atomic E-state index is 5.74. The van der Waals surface area contributed by atoms with E-state index in [9.17, 15) is 0 Å². The first-order valence-corrected chi connectivity index (χ1v) is 8.63. The topological polar surface area (TPSA) is 12.5 Å². The third-order valence-electron chi connectivity index (χ3n) is 6.26. The van der Waals surface area contributed by atoms with Crippen LogP contribution in [0.5, 0.6) is 5.75 Å². The second-order valence-electron chi connectivity index (χ2n) is 7.38. The number of nitrogens with zero attached hydrogens (tertiary/aromatic N) is 1. The van der Waals surface area contributed by atoms with Crippen molar-refractivity contribution in [1.29, 1.82) is 0 Å². The van der Waals surface area contributed by atoms with Crippen LogP contribution in [0.15, 0.2) is 18.2 Å². The van der Waals surface area contributed by atoms with Crippen molar-refractivity contribution < 1.29 is 4.74 Å². The molecule has 1 aliphatic heterocycles. The van der Waals surface area contributed by atoms with E-state index in [1.165, 1.54) is 62.6 Å². The summed E-state index contributed by atoms with van der Waals surface area (Å²) in [5.41, 5.74) is 3.37. The SMILES string of the molecule is COc1cc([C@@]23CCCC[C@@H]2N(C)CC3)ccc1C1CC1. The highest BCUT2D eigenvalue weighted by atomic mass is 16.5. The maximum atomic E-state index is 5.74. The number of hydrogen-bond donors (Lipinski definition) is 0. The lowest BCUT2D eigenvalue weighted by Crippen LogP contribution is -2.43. The highest BCUT2D eigenvalue weighted by Gasteiger charge is 2.48. The molecular formula is C19H27NO. The average Bonchev–Trinajstić information content (AvgIpc) is 3.32. The van der Waals surface area contributed by atoms with Gasteiger partial charge in [-0.1, -0.05) is 25.0 Å². The minimum Gasteiger partial charge on any atom is -0.496 e. The third kappa shape index (κ3) is 2.11. The second kappa shape index (κ2) is 5.01. The Balaban J connectivity index is 1.74. The van der Waals surface area contributed by atoms with Crippen LogP contribution in [-0.2, 0) is 5.41 Å². The summed E-state index contributed by atoms with van der Waals surface area (Å²) in [4.78, 5) is 2.60. The summed E-state index contributed by atoms with van der Waals surface area (Å²) < 4.78 is 5.74. The normalized spacial score (nSPS) is 33.0. The minimum atomic E-state index is 0.391. The highest BCUT2D eigenvalue weighted by Crippen LogP contribution is 2.51. The van der Waals surface area contributed by atoms with Crippen LogP contribution in [0.4, 0.5) is 0 Å². The summed E-state index contributed by atoms with van der Waals surface area (Å²) >= 11 is 0. The minimum absolute atomic E-state index is 0.391. The van der Waals surface area contributed by atoms with Gasteiger partial charge >= 0.3 is 0 Å². The van der Waals surface area contributed by atoms with Gasteiger partial charge in [0.25, 0.3) is 0 Å². The molecule has 2 nitrogen and oxygen atoms in total. The fraction of sp³-hybridized carbons (Fsp3) is 0.684. The van der Waals surface area contributed by atoms with E-state index < -0.39 is 0 Å². The molecule has 2 aliphatic carbocycles. The molecule has 4 rings (SSSR count). The Morgan fingerprint density at radius 1 is 1.14 bits per heavy atom. The van der Waals surface area contributed by atoms with Crippen LogP contribution in [0.2, 0.25) is 0 Å². The Kier molecular flexibility index (Phi) is 3.25. The van der Waals surface area contributed by atoms with E-state index in [0.29, 0.717) is 5.41 Å². The molecule has 114 valence electrons. The summed E-state index contributed by atoms with van der Waals surface area (Å²) in [5.74, 6) is 1.91. The molecule has 3 aliphatic rings. The van der Waals surface area contributed by atoms with Crippen LogP contribution in [0.3, 0.4) is 0 Å². The first-order chi connectivity index (χ1) is 10.2. The van der Waals surface area contributed by atoms with Crippen molar-refractivity contribution >= 4 is 0 Å². The number of likely N-dealkylation sites (N-methyl/N-ethyl adjacent to an activating group) is 1. The zero-order valence-corrected chi connectivity index (χ0v) is 13.4. The Labute approximate surface area is 128 Å². The fourth-order valence-corrected chi connectivity index (χ4v) is 4.92. The average molecular weight is 285 g/mol. The van der Waals surface area contributed by atoms with Gasteiger partial charge in [0.2, 0.25) is 0 Å². The van der Waals surface area contributed by atoms with Gasteiger partial charge in [-0.25, -0.2) is 0 Å². The molecule has 2 atom stereocenters. The predicted molar refractivity (Wildman–Crippen MR) is 86.2 cm³/mol. The Morgan fingerprint density at radius 3 is 2.76 bits per heavy atom. The van der Waals surface area contributed by atoms with Crippen LogP contribution in [-0.4, -0.2) is 31.6 Å². The largest absolute Gasteiger partial charge is 0.496 e. The van der Waals surface area contributed by atoms with Crippen molar-refractivity contribution in [2.24, 2.45) is 0 Å². The second-order valence-corrected chi connectivity index (χ2v) is 7.38. The molecule has 2 heteroatoms. The molecule has 2 saturated carbocycles. The van der Waals surface area contributed by atoms with Gasteiger partial charge in [0, 0.05) is 11.5 Å². The highest BCUT2D eigenvalue weighted by molar-refractivity contribution is 5.45. The molecular weight excluding hydrogens is 258 g/mol. The Bertz CT molecular complexity index is 532. The number of methoxy groups -OCH3 is 1. The Hall–Kier alpha value is -1.02. The van der Waals surface area contributed by atoms with Gasteiger partial charge in [-0.05, 0) is 68.8 Å². The molecule has 1 saturated heterocycles. The first-order valence-electron chi connectivity index (χ1n) is 8.63. The number of likely N-dealkylation sites (tertiary alicyclic amines) is 1. The molecule has 0 aromatic heterocycles. The Morgan fingerprint density at radius 2 is 2.00 bits per heavy atom. The van der Waals surface area contributed by atoms with Crippen molar-refractivity contribution in [3.63, 3.8) is 0 Å². The van der Waals surface area contributed by atoms with Crippen LogP contribution in [0.1, 0.15) is 62.0 Å². The van der Waals surface area contributed by atoms with Crippen molar-refractivity contribution in [2.75, 3.05) is 20.7 Å². The summed E-state index contributed by atoms with van der Waals surface area (Å²) in [6.45, 7) is 1.25. The van der Waals surface area contributed by atoms with E-state index in [0.717, 1.165) is 17.7 Å². The van der Waals surface area contributed by atoms with E-state index in [4.69, 9.17) is 4.74 Å². The number of hydrogen-bond acceptors (Lipinski definition) is 2. The lowest BCUT2D eigenvalue weighted by atomic mass is 9.66. The standard InChI is InChI=1S/C19H27NO/c1-20-12-11-19(10-4-3-5-18(19)20)15-8-9-16(14-6-7-14)17(13-15)21-2/h8-9,13-14,18H,3-7,10-12H2,1-2H3/t18-,19-/m0/s1. The number of rotatable bonds is 3. The summed E-state index contributed by atoms with van der Waals surface area (Å²) in [7, 11) is 4.15. The van der Waals surface area contributed by atoms with Gasteiger partial charge < -0.3 is 9.64 Å². The number of ether oxygens (including phenoxy) is 1. The van der Waals surface area contributed by atoms with Gasteiger partial charge in [0.1, 0.15) is 5.75 Å². The van der Waals surface area contributed by atoms with Gasteiger partial charge in [0.15, 0.2) is 0 Å². The van der Waals surface area contributed by atoms with Crippen molar-refractivity contribution in [3.8, 4) is 5.75 Å². The maximum Gasteiger partial charge on any atom is 0.122 e. The molecule has 0 amide bonds. The van der Waals surface area contributed by atoms with Gasteiger partial charge in [-0.2, -0.15) is 0 Å². The predicted octanol–water partition coefficient (Wildman–Crippen LogP) is 4.09.